The summed E-state index contributed by atoms with van der Waals surface area (Å²) in [6, 6.07) is 16.0. The lowest BCUT2D eigenvalue weighted by Gasteiger charge is -2.31. The Kier molecular flexibility index (Phi) is 10.3. The van der Waals surface area contributed by atoms with Crippen LogP contribution in [0.15, 0.2) is 48.5 Å². The topological polar surface area (TPSA) is 63.6 Å². The van der Waals surface area contributed by atoms with Gasteiger partial charge in [-0.25, -0.2) is 0 Å². The number of hydrogen-bond donors (Lipinski definition) is 1. The second kappa shape index (κ2) is 13.4. The number of ether oxygens (including phenoxy) is 4. The third-order valence-corrected chi connectivity index (χ3v) is 5.58. The van der Waals surface area contributed by atoms with Gasteiger partial charge in [0.15, 0.2) is 11.5 Å². The predicted octanol–water partition coefficient (Wildman–Crippen LogP) is 2.42. The quantitative estimate of drug-likeness (QED) is 0.509. The highest BCUT2D eigenvalue weighted by Gasteiger charge is 2.17. The Morgan fingerprint density at radius 3 is 2.47 bits per heavy atom. The molecule has 1 unspecified atom stereocenters. The first kappa shape index (κ1) is 24.5. The number of methoxy groups -OCH3 is 2. The molecular formula is C25H36N2O5. The third kappa shape index (κ3) is 8.07. The molecule has 0 bridgehead atoms. The molecule has 1 aliphatic rings. The van der Waals surface area contributed by atoms with Crippen LogP contribution in [0.2, 0.25) is 0 Å². The first-order valence-corrected chi connectivity index (χ1v) is 11.2. The molecule has 1 N–H and O–H groups in total. The minimum atomic E-state index is -0.566. The molecule has 1 heterocycles. The molecule has 2 aromatic carbocycles. The zero-order valence-corrected chi connectivity index (χ0v) is 19.2. The van der Waals surface area contributed by atoms with Gasteiger partial charge in [-0.05, 0) is 23.3 Å². The van der Waals surface area contributed by atoms with Crippen LogP contribution in [0, 0.1) is 0 Å². The molecule has 3 rings (SSSR count). The van der Waals surface area contributed by atoms with Crippen LogP contribution in [0.25, 0.3) is 0 Å². The molecule has 0 radical (unpaired) electrons. The molecule has 7 nitrogen and oxygen atoms in total. The standard InChI is InChI=1S/C25H36N2O5/c1-29-24-9-8-22(16-25(24)30-2)17-27(11-10-26-12-14-31-15-13-26)18-23(28)20-32-19-21-6-4-3-5-7-21/h3-9,16,23,28H,10-15,17-20H2,1-2H3. The summed E-state index contributed by atoms with van der Waals surface area (Å²) in [6.45, 7) is 7.31. The van der Waals surface area contributed by atoms with Gasteiger partial charge in [-0.1, -0.05) is 36.4 Å². The van der Waals surface area contributed by atoms with E-state index < -0.39 is 6.10 Å². The van der Waals surface area contributed by atoms with Crippen LogP contribution in [0.4, 0.5) is 0 Å². The van der Waals surface area contributed by atoms with Crippen molar-refractivity contribution in [3.63, 3.8) is 0 Å². The maximum absolute atomic E-state index is 10.7. The maximum Gasteiger partial charge on any atom is 0.161 e. The lowest BCUT2D eigenvalue weighted by molar-refractivity contribution is 0.00210. The van der Waals surface area contributed by atoms with Crippen molar-refractivity contribution in [2.45, 2.75) is 19.3 Å². The Hall–Kier alpha value is -2.16. The van der Waals surface area contributed by atoms with E-state index in [9.17, 15) is 5.11 Å². The molecule has 0 saturated carbocycles. The minimum absolute atomic E-state index is 0.300. The Morgan fingerprint density at radius 2 is 1.75 bits per heavy atom. The van der Waals surface area contributed by atoms with Crippen molar-refractivity contribution in [3.05, 3.63) is 59.7 Å². The summed E-state index contributed by atoms with van der Waals surface area (Å²) in [5, 5.41) is 10.7. The number of morpholine rings is 1. The van der Waals surface area contributed by atoms with E-state index in [0.717, 1.165) is 50.5 Å². The third-order valence-electron chi connectivity index (χ3n) is 5.58. The zero-order valence-electron chi connectivity index (χ0n) is 19.2. The van der Waals surface area contributed by atoms with Crippen LogP contribution in [0.3, 0.4) is 0 Å². The second-order valence-electron chi connectivity index (χ2n) is 8.03. The highest BCUT2D eigenvalue weighted by molar-refractivity contribution is 5.42. The highest BCUT2D eigenvalue weighted by atomic mass is 16.5. The summed E-state index contributed by atoms with van der Waals surface area (Å²) in [6.07, 6.45) is -0.566. The Bertz CT molecular complexity index is 783. The summed E-state index contributed by atoms with van der Waals surface area (Å²) >= 11 is 0. The monoisotopic (exact) mass is 444 g/mol. The smallest absolute Gasteiger partial charge is 0.161 e. The van der Waals surface area contributed by atoms with E-state index in [4.69, 9.17) is 18.9 Å². The van der Waals surface area contributed by atoms with Crippen molar-refractivity contribution in [2.24, 2.45) is 0 Å². The minimum Gasteiger partial charge on any atom is -0.493 e. The lowest BCUT2D eigenvalue weighted by Crippen LogP contribution is -2.43. The van der Waals surface area contributed by atoms with Gasteiger partial charge in [0.2, 0.25) is 0 Å². The first-order valence-electron chi connectivity index (χ1n) is 11.2. The largest absolute Gasteiger partial charge is 0.493 e. The molecule has 1 saturated heterocycles. The number of rotatable bonds is 13. The van der Waals surface area contributed by atoms with Gasteiger partial charge in [0.25, 0.3) is 0 Å². The van der Waals surface area contributed by atoms with Gasteiger partial charge in [0.05, 0.1) is 46.8 Å². The lowest BCUT2D eigenvalue weighted by atomic mass is 10.1. The second-order valence-corrected chi connectivity index (χ2v) is 8.03. The molecule has 0 aliphatic carbocycles. The fraction of sp³-hybridized carbons (Fsp3) is 0.520. The molecule has 1 atom stereocenters. The van der Waals surface area contributed by atoms with Gasteiger partial charge in [-0.2, -0.15) is 0 Å². The first-order chi connectivity index (χ1) is 15.7. The Labute approximate surface area is 191 Å². The van der Waals surface area contributed by atoms with E-state index in [1.807, 2.05) is 48.5 Å². The maximum atomic E-state index is 10.7. The van der Waals surface area contributed by atoms with Crippen LogP contribution in [0.1, 0.15) is 11.1 Å². The van der Waals surface area contributed by atoms with E-state index in [1.54, 1.807) is 14.2 Å². The van der Waals surface area contributed by atoms with Gasteiger partial charge in [-0.15, -0.1) is 0 Å². The number of aliphatic hydroxyl groups is 1. The molecule has 0 spiro atoms. The summed E-state index contributed by atoms with van der Waals surface area (Å²) in [4.78, 5) is 4.68. The summed E-state index contributed by atoms with van der Waals surface area (Å²) < 4.78 is 22.0. The summed E-state index contributed by atoms with van der Waals surface area (Å²) in [7, 11) is 3.28. The average molecular weight is 445 g/mol. The number of aliphatic hydroxyl groups excluding tert-OH is 1. The van der Waals surface area contributed by atoms with Crippen molar-refractivity contribution in [1.82, 2.24) is 9.80 Å². The van der Waals surface area contributed by atoms with Crippen molar-refractivity contribution in [2.75, 3.05) is 66.8 Å². The molecule has 176 valence electrons. The molecule has 7 heteroatoms. The van der Waals surface area contributed by atoms with Crippen molar-refractivity contribution < 1.29 is 24.1 Å². The van der Waals surface area contributed by atoms with Gasteiger partial charge in [-0.3, -0.25) is 9.80 Å². The van der Waals surface area contributed by atoms with Gasteiger partial charge in [0, 0.05) is 39.3 Å². The normalized spacial score (nSPS) is 15.6. The molecular weight excluding hydrogens is 408 g/mol. The molecule has 1 aliphatic heterocycles. The predicted molar refractivity (Wildman–Crippen MR) is 124 cm³/mol. The van der Waals surface area contributed by atoms with Crippen molar-refractivity contribution >= 4 is 0 Å². The van der Waals surface area contributed by atoms with Crippen LogP contribution < -0.4 is 9.47 Å². The molecule has 2 aromatic rings. The number of nitrogens with zero attached hydrogens (tertiary/aromatic N) is 2. The summed E-state index contributed by atoms with van der Waals surface area (Å²) in [5.41, 5.74) is 2.22. The van der Waals surface area contributed by atoms with Crippen molar-refractivity contribution in [1.29, 1.82) is 0 Å². The van der Waals surface area contributed by atoms with E-state index in [0.29, 0.717) is 37.8 Å². The molecule has 32 heavy (non-hydrogen) atoms. The van der Waals surface area contributed by atoms with Gasteiger partial charge < -0.3 is 24.1 Å². The molecule has 1 fully saturated rings. The van der Waals surface area contributed by atoms with E-state index in [2.05, 4.69) is 9.80 Å². The van der Waals surface area contributed by atoms with E-state index in [-0.39, 0.29) is 0 Å². The van der Waals surface area contributed by atoms with Gasteiger partial charge >= 0.3 is 0 Å². The Balaban J connectivity index is 1.56. The average Bonchev–Trinajstić information content (AvgIpc) is 2.83. The summed E-state index contributed by atoms with van der Waals surface area (Å²) in [5.74, 6) is 1.43. The zero-order chi connectivity index (χ0) is 22.6. The van der Waals surface area contributed by atoms with Crippen molar-refractivity contribution in [3.8, 4) is 11.5 Å². The highest BCUT2D eigenvalue weighted by Crippen LogP contribution is 2.28. The molecule has 0 amide bonds. The Morgan fingerprint density at radius 1 is 1.00 bits per heavy atom. The van der Waals surface area contributed by atoms with Crippen LogP contribution in [-0.4, -0.2) is 87.8 Å². The number of benzene rings is 2. The SMILES string of the molecule is COc1ccc(CN(CCN2CCOCC2)CC(O)COCc2ccccc2)cc1OC. The van der Waals surface area contributed by atoms with E-state index >= 15 is 0 Å². The van der Waals surface area contributed by atoms with Gasteiger partial charge in [0.1, 0.15) is 0 Å². The molecule has 0 aromatic heterocycles. The van der Waals surface area contributed by atoms with Crippen LogP contribution in [-0.2, 0) is 22.6 Å². The van der Waals surface area contributed by atoms with E-state index in [1.165, 1.54) is 0 Å². The van der Waals surface area contributed by atoms with Crippen LogP contribution >= 0.6 is 0 Å². The fourth-order valence-corrected chi connectivity index (χ4v) is 3.82. The number of hydrogen-bond acceptors (Lipinski definition) is 7. The van der Waals surface area contributed by atoms with Crippen LogP contribution in [0.5, 0.6) is 11.5 Å². The fourth-order valence-electron chi connectivity index (χ4n) is 3.82.